The highest BCUT2D eigenvalue weighted by Crippen LogP contribution is 2.24. The molecule has 33 heavy (non-hydrogen) atoms. The molecule has 0 fully saturated rings. The Morgan fingerprint density at radius 1 is 1.09 bits per heavy atom. The molecule has 0 saturated heterocycles. The van der Waals surface area contributed by atoms with Gasteiger partial charge in [0.15, 0.2) is 5.58 Å². The number of carbonyl (C=O) groups excluding carboxylic acids is 2. The number of hydrazone groups is 1. The summed E-state index contributed by atoms with van der Waals surface area (Å²) in [6, 6.07) is 18.5. The number of fused-ring (bicyclic) bond motifs is 1. The average molecular weight is 500 g/mol. The molecule has 0 bridgehead atoms. The molecule has 1 amide bonds. The molecule has 0 atom stereocenters. The van der Waals surface area contributed by atoms with Crippen molar-refractivity contribution in [2.24, 2.45) is 5.10 Å². The minimum absolute atomic E-state index is 0.103. The zero-order valence-corrected chi connectivity index (χ0v) is 19.2. The Morgan fingerprint density at radius 3 is 2.64 bits per heavy atom. The number of amides is 1. The van der Waals surface area contributed by atoms with Crippen molar-refractivity contribution in [1.82, 2.24) is 10.4 Å². The van der Waals surface area contributed by atoms with Crippen LogP contribution in [0.2, 0.25) is 10.0 Å². The molecule has 0 aliphatic carbocycles. The van der Waals surface area contributed by atoms with Crippen LogP contribution in [0.3, 0.4) is 0 Å². The smallest absolute Gasteiger partial charge is 0.345 e. The normalized spacial score (nSPS) is 11.1. The van der Waals surface area contributed by atoms with Crippen molar-refractivity contribution in [3.05, 3.63) is 87.9 Å². The van der Waals surface area contributed by atoms with E-state index in [4.69, 9.17) is 32.4 Å². The molecular formula is C23H15Cl2N3O4S. The first kappa shape index (κ1) is 22.8. The van der Waals surface area contributed by atoms with E-state index in [2.05, 4.69) is 15.5 Å². The SMILES string of the molecule is O=C(CSc1nc2ccccc2o1)N/N=C\c1ccc(OC(=O)c2ccc(Cl)cc2Cl)cc1. The van der Waals surface area contributed by atoms with E-state index in [-0.39, 0.29) is 22.2 Å². The summed E-state index contributed by atoms with van der Waals surface area (Å²) in [7, 11) is 0. The number of halogens is 2. The third-order valence-electron chi connectivity index (χ3n) is 4.25. The quantitative estimate of drug-likeness (QED) is 0.117. The highest BCUT2D eigenvalue weighted by Gasteiger charge is 2.13. The topological polar surface area (TPSA) is 93.8 Å². The second kappa shape index (κ2) is 10.5. The number of aromatic nitrogens is 1. The van der Waals surface area contributed by atoms with Gasteiger partial charge in [-0.15, -0.1) is 0 Å². The lowest BCUT2D eigenvalue weighted by Crippen LogP contribution is -2.19. The largest absolute Gasteiger partial charge is 0.431 e. The molecule has 1 heterocycles. The summed E-state index contributed by atoms with van der Waals surface area (Å²) in [5.41, 5.74) is 4.77. The van der Waals surface area contributed by atoms with Crippen molar-refractivity contribution >= 4 is 64.2 Å². The molecule has 1 aromatic heterocycles. The summed E-state index contributed by atoms with van der Waals surface area (Å²) in [6.45, 7) is 0. The molecule has 1 N–H and O–H groups in total. The molecule has 0 aliphatic heterocycles. The molecule has 3 aromatic carbocycles. The van der Waals surface area contributed by atoms with Crippen molar-refractivity contribution in [1.29, 1.82) is 0 Å². The second-order valence-corrected chi connectivity index (χ2v) is 8.38. The van der Waals surface area contributed by atoms with Gasteiger partial charge in [0.25, 0.3) is 11.1 Å². The maximum Gasteiger partial charge on any atom is 0.345 e. The van der Waals surface area contributed by atoms with Crippen LogP contribution in [0, 0.1) is 0 Å². The number of oxazole rings is 1. The van der Waals surface area contributed by atoms with Crippen LogP contribution in [0.15, 0.2) is 81.5 Å². The fourth-order valence-electron chi connectivity index (χ4n) is 2.69. The van der Waals surface area contributed by atoms with Crippen molar-refractivity contribution in [2.45, 2.75) is 5.22 Å². The van der Waals surface area contributed by atoms with Gasteiger partial charge in [0.2, 0.25) is 0 Å². The van der Waals surface area contributed by atoms with Gasteiger partial charge in [0, 0.05) is 5.02 Å². The fraction of sp³-hybridized carbons (Fsp3) is 0.0435. The molecule has 4 aromatic rings. The third kappa shape index (κ3) is 6.13. The summed E-state index contributed by atoms with van der Waals surface area (Å²) in [5.74, 6) is -0.459. The van der Waals surface area contributed by atoms with Crippen LogP contribution in [0.4, 0.5) is 0 Å². The Balaban J connectivity index is 1.26. The number of nitrogens with zero attached hydrogens (tertiary/aromatic N) is 2. The summed E-state index contributed by atoms with van der Waals surface area (Å²) in [5, 5.41) is 4.98. The second-order valence-electron chi connectivity index (χ2n) is 6.61. The Kier molecular flexibility index (Phi) is 7.29. The van der Waals surface area contributed by atoms with Crippen LogP contribution >= 0.6 is 35.0 Å². The van der Waals surface area contributed by atoms with Gasteiger partial charge in [-0.3, -0.25) is 4.79 Å². The van der Waals surface area contributed by atoms with Gasteiger partial charge in [-0.1, -0.05) is 47.1 Å². The van der Waals surface area contributed by atoms with Gasteiger partial charge >= 0.3 is 5.97 Å². The maximum atomic E-state index is 12.3. The number of rotatable bonds is 7. The van der Waals surface area contributed by atoms with E-state index in [9.17, 15) is 9.59 Å². The first-order valence-corrected chi connectivity index (χ1v) is 11.3. The lowest BCUT2D eigenvalue weighted by atomic mass is 10.2. The van der Waals surface area contributed by atoms with Crippen LogP contribution in [0.1, 0.15) is 15.9 Å². The lowest BCUT2D eigenvalue weighted by Gasteiger charge is -2.06. The third-order valence-corrected chi connectivity index (χ3v) is 5.62. The first-order chi connectivity index (χ1) is 16.0. The summed E-state index contributed by atoms with van der Waals surface area (Å²) >= 11 is 13.0. The molecule has 4 rings (SSSR count). The minimum Gasteiger partial charge on any atom is -0.431 e. The number of benzene rings is 3. The van der Waals surface area contributed by atoms with Crippen LogP contribution in [0.5, 0.6) is 5.75 Å². The zero-order chi connectivity index (χ0) is 23.2. The number of carbonyl (C=O) groups is 2. The number of esters is 1. The van der Waals surface area contributed by atoms with E-state index in [1.807, 2.05) is 24.3 Å². The molecule has 10 heteroatoms. The molecule has 0 radical (unpaired) electrons. The maximum absolute atomic E-state index is 12.3. The number of nitrogens with one attached hydrogen (secondary N) is 1. The zero-order valence-electron chi connectivity index (χ0n) is 16.8. The Morgan fingerprint density at radius 2 is 1.88 bits per heavy atom. The van der Waals surface area contributed by atoms with Gasteiger partial charge in [-0.25, -0.2) is 15.2 Å². The monoisotopic (exact) mass is 499 g/mol. The summed E-state index contributed by atoms with van der Waals surface area (Å²) in [4.78, 5) is 28.5. The average Bonchev–Trinajstić information content (AvgIpc) is 3.22. The summed E-state index contributed by atoms with van der Waals surface area (Å²) < 4.78 is 10.9. The van der Waals surface area contributed by atoms with Gasteiger partial charge in [-0.05, 0) is 60.2 Å². The molecular weight excluding hydrogens is 485 g/mol. The van der Waals surface area contributed by atoms with E-state index in [1.54, 1.807) is 30.3 Å². The van der Waals surface area contributed by atoms with Crippen molar-refractivity contribution in [3.8, 4) is 5.75 Å². The van der Waals surface area contributed by atoms with E-state index in [0.29, 0.717) is 27.1 Å². The van der Waals surface area contributed by atoms with E-state index >= 15 is 0 Å². The fourth-order valence-corrected chi connectivity index (χ4v) is 3.81. The highest BCUT2D eigenvalue weighted by molar-refractivity contribution is 7.99. The van der Waals surface area contributed by atoms with Gasteiger partial charge in [0.05, 0.1) is 22.6 Å². The summed E-state index contributed by atoms with van der Waals surface area (Å²) in [6.07, 6.45) is 1.48. The number of thioether (sulfide) groups is 1. The highest BCUT2D eigenvalue weighted by atomic mass is 35.5. The predicted octanol–water partition coefficient (Wildman–Crippen LogP) is 5.60. The molecule has 0 spiro atoms. The van der Waals surface area contributed by atoms with Crippen molar-refractivity contribution in [2.75, 3.05) is 5.75 Å². The van der Waals surface area contributed by atoms with Gasteiger partial charge in [-0.2, -0.15) is 5.10 Å². The molecule has 7 nitrogen and oxygen atoms in total. The molecule has 0 unspecified atom stereocenters. The van der Waals surface area contributed by atoms with Crippen LogP contribution in [-0.4, -0.2) is 28.8 Å². The minimum atomic E-state index is -0.596. The van der Waals surface area contributed by atoms with E-state index in [0.717, 1.165) is 5.52 Å². The van der Waals surface area contributed by atoms with Gasteiger partial charge < -0.3 is 9.15 Å². The first-order valence-electron chi connectivity index (χ1n) is 9.55. The Bertz CT molecular complexity index is 1310. The number of hydrogen-bond acceptors (Lipinski definition) is 7. The Labute approximate surface area is 202 Å². The Hall–Kier alpha value is -3.33. The standard InChI is InChI=1S/C23H15Cl2N3O4S/c24-15-7-10-17(18(25)11-15)22(30)31-16-8-5-14(6-9-16)12-26-28-21(29)13-33-23-27-19-3-1-2-4-20(19)32-23/h1-12H,13H2,(H,28,29)/b26-12-. The van der Waals surface area contributed by atoms with Crippen LogP contribution < -0.4 is 10.2 Å². The molecule has 166 valence electrons. The van der Waals surface area contributed by atoms with E-state index < -0.39 is 5.97 Å². The number of hydrogen-bond donors (Lipinski definition) is 1. The van der Waals surface area contributed by atoms with Crippen LogP contribution in [0.25, 0.3) is 11.1 Å². The molecule has 0 aliphatic rings. The molecule has 0 saturated carbocycles. The van der Waals surface area contributed by atoms with E-state index in [1.165, 1.54) is 30.1 Å². The van der Waals surface area contributed by atoms with Crippen molar-refractivity contribution < 1.29 is 18.7 Å². The van der Waals surface area contributed by atoms with Gasteiger partial charge in [0.1, 0.15) is 11.3 Å². The predicted molar refractivity (Wildman–Crippen MR) is 128 cm³/mol. The van der Waals surface area contributed by atoms with Crippen LogP contribution in [-0.2, 0) is 4.79 Å². The number of ether oxygens (including phenoxy) is 1. The lowest BCUT2D eigenvalue weighted by molar-refractivity contribution is -0.118. The van der Waals surface area contributed by atoms with Crippen molar-refractivity contribution in [3.63, 3.8) is 0 Å². The number of para-hydroxylation sites is 2.